The molecule has 1 unspecified atom stereocenters. The fourth-order valence-electron chi connectivity index (χ4n) is 2.28. The molecule has 1 aliphatic carbocycles. The molecule has 3 N–H and O–H groups in total. The monoisotopic (exact) mass is 297 g/mol. The molecule has 0 aromatic rings. The molecule has 1 amide bonds. The van der Waals surface area contributed by atoms with Crippen LogP contribution in [0.1, 0.15) is 32.6 Å². The number of nitrogens with one attached hydrogen (secondary N) is 1. The minimum Gasteiger partial charge on any atom is -0.354 e. The van der Waals surface area contributed by atoms with Gasteiger partial charge in [-0.05, 0) is 44.7 Å². The molecule has 2 fully saturated rings. The van der Waals surface area contributed by atoms with E-state index in [4.69, 9.17) is 5.73 Å². The Morgan fingerprint density at radius 2 is 1.89 bits per heavy atom. The van der Waals surface area contributed by atoms with Crippen LogP contribution in [0.25, 0.3) is 0 Å². The molecule has 18 heavy (non-hydrogen) atoms. The molecule has 4 nitrogen and oxygen atoms in total. The third kappa shape index (κ3) is 4.92. The molecule has 1 aliphatic heterocycles. The van der Waals surface area contributed by atoms with E-state index in [2.05, 4.69) is 17.1 Å². The second kappa shape index (κ2) is 7.53. The van der Waals surface area contributed by atoms with Crippen molar-refractivity contribution >= 4 is 30.7 Å². The molecule has 1 heterocycles. The first-order valence-corrected chi connectivity index (χ1v) is 6.40. The van der Waals surface area contributed by atoms with Gasteiger partial charge in [0.25, 0.3) is 0 Å². The molecule has 0 spiro atoms. The van der Waals surface area contributed by atoms with Gasteiger partial charge in [-0.3, -0.25) is 4.79 Å². The zero-order valence-electron chi connectivity index (χ0n) is 11.0. The van der Waals surface area contributed by atoms with Crippen molar-refractivity contribution in [2.75, 3.05) is 26.2 Å². The highest BCUT2D eigenvalue weighted by molar-refractivity contribution is 5.88. The number of carbonyl (C=O) groups is 1. The average molecular weight is 298 g/mol. The van der Waals surface area contributed by atoms with Gasteiger partial charge < -0.3 is 16.0 Å². The lowest BCUT2D eigenvalue weighted by Crippen LogP contribution is -2.45. The molecule has 108 valence electrons. The Labute approximate surface area is 122 Å². The number of nitrogens with zero attached hydrogens (tertiary/aromatic N) is 1. The van der Waals surface area contributed by atoms with E-state index in [-0.39, 0.29) is 30.7 Å². The van der Waals surface area contributed by atoms with E-state index in [0.717, 1.165) is 25.9 Å². The van der Waals surface area contributed by atoms with E-state index >= 15 is 0 Å². The van der Waals surface area contributed by atoms with Crippen LogP contribution < -0.4 is 11.1 Å². The van der Waals surface area contributed by atoms with Crippen molar-refractivity contribution in [3.05, 3.63) is 0 Å². The summed E-state index contributed by atoms with van der Waals surface area (Å²) in [4.78, 5) is 14.1. The number of likely N-dealkylation sites (tertiary alicyclic amines) is 1. The largest absolute Gasteiger partial charge is 0.354 e. The van der Waals surface area contributed by atoms with Gasteiger partial charge in [-0.15, -0.1) is 24.8 Å². The Morgan fingerprint density at radius 3 is 2.39 bits per heavy atom. The zero-order chi connectivity index (χ0) is 11.6. The standard InChI is InChI=1S/C12H23N3O.2ClH/c1-10(9-15-6-2-3-7-15)8-14-11(16)12(13)4-5-12;;/h10H,2-9,13H2,1H3,(H,14,16);2*1H. The van der Waals surface area contributed by atoms with Crippen molar-refractivity contribution < 1.29 is 4.79 Å². The highest BCUT2D eigenvalue weighted by Crippen LogP contribution is 2.32. The molecule has 2 rings (SSSR count). The summed E-state index contributed by atoms with van der Waals surface area (Å²) in [6.07, 6.45) is 4.34. The quantitative estimate of drug-likeness (QED) is 0.801. The Kier molecular flexibility index (Phi) is 7.52. The Hall–Kier alpha value is -0.0300. The van der Waals surface area contributed by atoms with Gasteiger partial charge in [0, 0.05) is 13.1 Å². The molecule has 1 saturated heterocycles. The van der Waals surface area contributed by atoms with E-state index in [1.54, 1.807) is 0 Å². The van der Waals surface area contributed by atoms with Gasteiger partial charge in [0.05, 0.1) is 5.54 Å². The van der Waals surface area contributed by atoms with Crippen molar-refractivity contribution in [1.29, 1.82) is 0 Å². The average Bonchev–Trinajstić information content (AvgIpc) is 2.79. The molecule has 6 heteroatoms. The second-order valence-electron chi connectivity index (χ2n) is 5.48. The third-order valence-corrected chi connectivity index (χ3v) is 3.62. The summed E-state index contributed by atoms with van der Waals surface area (Å²) in [5, 5.41) is 2.97. The molecule has 2 aliphatic rings. The number of amides is 1. The summed E-state index contributed by atoms with van der Waals surface area (Å²) in [6.45, 7) is 6.49. The summed E-state index contributed by atoms with van der Waals surface area (Å²) in [5.41, 5.74) is 5.30. The normalized spacial score (nSPS) is 22.6. The number of hydrogen-bond acceptors (Lipinski definition) is 3. The van der Waals surface area contributed by atoms with Crippen LogP contribution in [-0.2, 0) is 4.79 Å². The molecule has 0 aromatic heterocycles. The maximum Gasteiger partial charge on any atom is 0.240 e. The van der Waals surface area contributed by atoms with Crippen molar-refractivity contribution in [3.8, 4) is 0 Å². The van der Waals surface area contributed by atoms with E-state index in [9.17, 15) is 4.79 Å². The van der Waals surface area contributed by atoms with Gasteiger partial charge in [0.1, 0.15) is 0 Å². The number of hydrogen-bond donors (Lipinski definition) is 2. The minimum atomic E-state index is -0.520. The van der Waals surface area contributed by atoms with Crippen molar-refractivity contribution in [1.82, 2.24) is 10.2 Å². The molecule has 1 saturated carbocycles. The van der Waals surface area contributed by atoms with Crippen LogP contribution in [0.3, 0.4) is 0 Å². The van der Waals surface area contributed by atoms with Crippen molar-refractivity contribution in [3.63, 3.8) is 0 Å². The van der Waals surface area contributed by atoms with Crippen LogP contribution in [0.15, 0.2) is 0 Å². The zero-order valence-corrected chi connectivity index (χ0v) is 12.6. The van der Waals surface area contributed by atoms with E-state index in [1.807, 2.05) is 0 Å². The Bertz CT molecular complexity index is 266. The number of carbonyl (C=O) groups excluding carboxylic acids is 1. The van der Waals surface area contributed by atoms with Crippen LogP contribution in [0.5, 0.6) is 0 Å². The number of halogens is 2. The summed E-state index contributed by atoms with van der Waals surface area (Å²) >= 11 is 0. The van der Waals surface area contributed by atoms with E-state index in [0.29, 0.717) is 5.92 Å². The molecule has 1 atom stereocenters. The van der Waals surface area contributed by atoms with Gasteiger partial charge in [-0.2, -0.15) is 0 Å². The van der Waals surface area contributed by atoms with Crippen molar-refractivity contribution in [2.45, 2.75) is 38.1 Å². The van der Waals surface area contributed by atoms with Gasteiger partial charge in [-0.1, -0.05) is 6.92 Å². The van der Waals surface area contributed by atoms with E-state index in [1.165, 1.54) is 25.9 Å². The molecular weight excluding hydrogens is 273 g/mol. The lowest BCUT2D eigenvalue weighted by molar-refractivity contribution is -0.123. The summed E-state index contributed by atoms with van der Waals surface area (Å²) in [6, 6.07) is 0. The Balaban J connectivity index is 0.00000144. The van der Waals surface area contributed by atoms with Gasteiger partial charge in [0.15, 0.2) is 0 Å². The highest BCUT2D eigenvalue weighted by atomic mass is 35.5. The van der Waals surface area contributed by atoms with Crippen LogP contribution in [0.2, 0.25) is 0 Å². The molecule has 0 radical (unpaired) electrons. The SMILES string of the molecule is CC(CNC(=O)C1(N)CC1)CN1CCCC1.Cl.Cl. The maximum absolute atomic E-state index is 11.6. The predicted molar refractivity (Wildman–Crippen MR) is 78.5 cm³/mol. The van der Waals surface area contributed by atoms with Crippen LogP contribution in [0.4, 0.5) is 0 Å². The lowest BCUT2D eigenvalue weighted by Gasteiger charge is -2.21. The van der Waals surface area contributed by atoms with Gasteiger partial charge in [0.2, 0.25) is 5.91 Å². The van der Waals surface area contributed by atoms with Gasteiger partial charge in [-0.25, -0.2) is 0 Å². The van der Waals surface area contributed by atoms with Crippen LogP contribution in [-0.4, -0.2) is 42.5 Å². The van der Waals surface area contributed by atoms with Gasteiger partial charge >= 0.3 is 0 Å². The summed E-state index contributed by atoms with van der Waals surface area (Å²) in [5.74, 6) is 0.560. The highest BCUT2D eigenvalue weighted by Gasteiger charge is 2.45. The Morgan fingerprint density at radius 1 is 1.33 bits per heavy atom. The fourth-order valence-corrected chi connectivity index (χ4v) is 2.28. The maximum atomic E-state index is 11.6. The van der Waals surface area contributed by atoms with E-state index < -0.39 is 5.54 Å². The first kappa shape index (κ1) is 18.0. The molecule has 0 aromatic carbocycles. The smallest absolute Gasteiger partial charge is 0.240 e. The topological polar surface area (TPSA) is 58.4 Å². The molecular formula is C12H25Cl2N3O. The predicted octanol–water partition coefficient (Wildman–Crippen LogP) is 1.17. The summed E-state index contributed by atoms with van der Waals surface area (Å²) < 4.78 is 0. The molecule has 0 bridgehead atoms. The minimum absolute atomic E-state index is 0. The lowest BCUT2D eigenvalue weighted by atomic mass is 10.1. The van der Waals surface area contributed by atoms with Crippen LogP contribution in [0, 0.1) is 5.92 Å². The van der Waals surface area contributed by atoms with Crippen LogP contribution >= 0.6 is 24.8 Å². The fraction of sp³-hybridized carbons (Fsp3) is 0.917. The first-order chi connectivity index (χ1) is 7.60. The first-order valence-electron chi connectivity index (χ1n) is 6.40. The second-order valence-corrected chi connectivity index (χ2v) is 5.48. The van der Waals surface area contributed by atoms with Crippen molar-refractivity contribution in [2.24, 2.45) is 11.7 Å². The third-order valence-electron chi connectivity index (χ3n) is 3.62. The number of nitrogens with two attached hydrogens (primary N) is 1. The number of rotatable bonds is 5. The summed E-state index contributed by atoms with van der Waals surface area (Å²) in [7, 11) is 0.